The van der Waals surface area contributed by atoms with Crippen LogP contribution in [0.3, 0.4) is 0 Å². The van der Waals surface area contributed by atoms with E-state index in [0.29, 0.717) is 16.9 Å². The maximum Gasteiger partial charge on any atom is 0.573 e. The summed E-state index contributed by atoms with van der Waals surface area (Å²) in [6.07, 6.45) is -2.28. The molecule has 0 saturated heterocycles. The molecule has 0 unspecified atom stereocenters. The largest absolute Gasteiger partial charge is 0.573 e. The quantitative estimate of drug-likeness (QED) is 0.370. The van der Waals surface area contributed by atoms with E-state index >= 15 is 0 Å². The van der Waals surface area contributed by atoms with Gasteiger partial charge in [-0.1, -0.05) is 63.2 Å². The van der Waals surface area contributed by atoms with E-state index in [1.807, 2.05) is 24.3 Å². The third-order valence-electron chi connectivity index (χ3n) is 5.05. The van der Waals surface area contributed by atoms with E-state index in [-0.39, 0.29) is 17.8 Å². The van der Waals surface area contributed by atoms with Gasteiger partial charge in [0, 0.05) is 11.6 Å². The number of carboxylic acids is 1. The molecule has 0 bridgehead atoms. The Balaban J connectivity index is 1.81. The topological polar surface area (TPSA) is 55.8 Å². The molecule has 0 radical (unpaired) electrons. The lowest BCUT2D eigenvalue weighted by Gasteiger charge is -2.19. The first-order chi connectivity index (χ1) is 15.9. The Hall–Kier alpha value is -3.74. The van der Waals surface area contributed by atoms with Crippen LogP contribution in [0.25, 0.3) is 17.2 Å². The molecule has 178 valence electrons. The minimum absolute atomic E-state index is 0.0304. The number of carboxylic acid groups (broad SMARTS) is 1. The second kappa shape index (κ2) is 10.0. The molecule has 7 heteroatoms. The zero-order valence-corrected chi connectivity index (χ0v) is 19.0. The van der Waals surface area contributed by atoms with Crippen LogP contribution in [0.15, 0.2) is 72.8 Å². The van der Waals surface area contributed by atoms with Gasteiger partial charge in [-0.3, -0.25) is 0 Å². The van der Waals surface area contributed by atoms with Crippen LogP contribution in [0.4, 0.5) is 13.2 Å². The molecule has 0 saturated carbocycles. The molecule has 34 heavy (non-hydrogen) atoms. The number of hydrogen-bond donors (Lipinski definition) is 1. The average Bonchev–Trinajstić information content (AvgIpc) is 2.76. The van der Waals surface area contributed by atoms with E-state index < -0.39 is 12.3 Å². The molecule has 0 aliphatic carbocycles. The maximum atomic E-state index is 12.3. The summed E-state index contributed by atoms with van der Waals surface area (Å²) in [5, 5.41) is 9.05. The summed E-state index contributed by atoms with van der Waals surface area (Å²) in [5.74, 6) is -0.961. The molecule has 0 spiro atoms. The van der Waals surface area contributed by atoms with Crippen molar-refractivity contribution in [1.29, 1.82) is 0 Å². The Morgan fingerprint density at radius 2 is 1.53 bits per heavy atom. The fourth-order valence-corrected chi connectivity index (χ4v) is 3.26. The van der Waals surface area contributed by atoms with Gasteiger partial charge < -0.3 is 14.6 Å². The molecule has 0 aromatic heterocycles. The Morgan fingerprint density at radius 3 is 2.09 bits per heavy atom. The normalized spacial score (nSPS) is 12.1. The number of alkyl halides is 3. The predicted molar refractivity (Wildman–Crippen MR) is 125 cm³/mol. The van der Waals surface area contributed by atoms with E-state index in [1.54, 1.807) is 6.07 Å². The highest BCUT2D eigenvalue weighted by molar-refractivity contribution is 5.86. The van der Waals surface area contributed by atoms with Crippen LogP contribution in [0.2, 0.25) is 0 Å². The summed E-state index contributed by atoms with van der Waals surface area (Å²) < 4.78 is 46.7. The molecule has 0 aliphatic heterocycles. The Kier molecular flexibility index (Phi) is 7.35. The van der Waals surface area contributed by atoms with E-state index in [4.69, 9.17) is 9.84 Å². The molecule has 0 aliphatic rings. The van der Waals surface area contributed by atoms with Gasteiger partial charge in [-0.2, -0.15) is 0 Å². The van der Waals surface area contributed by atoms with Crippen molar-refractivity contribution < 1.29 is 32.5 Å². The Labute approximate surface area is 196 Å². The van der Waals surface area contributed by atoms with E-state index in [1.165, 1.54) is 35.9 Å². The van der Waals surface area contributed by atoms with Crippen LogP contribution in [-0.4, -0.2) is 17.4 Å². The maximum absolute atomic E-state index is 12.3. The third kappa shape index (κ3) is 7.13. The number of carbonyl (C=O) groups is 1. The number of aliphatic carboxylic acids is 1. The van der Waals surface area contributed by atoms with Crippen LogP contribution in [0.5, 0.6) is 11.5 Å². The minimum atomic E-state index is -4.75. The lowest BCUT2D eigenvalue weighted by atomic mass is 9.86. The average molecular weight is 470 g/mol. The summed E-state index contributed by atoms with van der Waals surface area (Å²) in [4.78, 5) is 11.1. The minimum Gasteiger partial charge on any atom is -0.488 e. The molecular formula is C27H25F3O4. The van der Waals surface area contributed by atoms with Gasteiger partial charge in [-0.05, 0) is 58.0 Å². The van der Waals surface area contributed by atoms with Crippen LogP contribution in [0.1, 0.15) is 37.5 Å². The van der Waals surface area contributed by atoms with Crippen molar-refractivity contribution in [2.45, 2.75) is 39.2 Å². The van der Waals surface area contributed by atoms with Crippen molar-refractivity contribution in [3.8, 4) is 22.6 Å². The fourth-order valence-electron chi connectivity index (χ4n) is 3.26. The lowest BCUT2D eigenvalue weighted by Crippen LogP contribution is -2.17. The number of ether oxygens (including phenoxy) is 2. The summed E-state index contributed by atoms with van der Waals surface area (Å²) in [6.45, 7) is 6.50. The van der Waals surface area contributed by atoms with Crippen LogP contribution >= 0.6 is 0 Å². The zero-order valence-electron chi connectivity index (χ0n) is 19.0. The number of rotatable bonds is 7. The van der Waals surface area contributed by atoms with Crippen molar-refractivity contribution >= 4 is 12.0 Å². The summed E-state index contributed by atoms with van der Waals surface area (Å²) in [6, 6.07) is 19.0. The molecule has 0 amide bonds. The van der Waals surface area contributed by atoms with E-state index in [0.717, 1.165) is 17.2 Å². The van der Waals surface area contributed by atoms with Crippen molar-refractivity contribution in [1.82, 2.24) is 0 Å². The molecule has 3 aromatic rings. The van der Waals surface area contributed by atoms with Crippen molar-refractivity contribution in [2.24, 2.45) is 0 Å². The number of hydrogen-bond acceptors (Lipinski definition) is 3. The molecule has 0 heterocycles. The number of benzene rings is 3. The highest BCUT2D eigenvalue weighted by atomic mass is 19.4. The van der Waals surface area contributed by atoms with Gasteiger partial charge in [-0.25, -0.2) is 4.79 Å². The van der Waals surface area contributed by atoms with E-state index in [9.17, 15) is 18.0 Å². The first-order valence-corrected chi connectivity index (χ1v) is 10.5. The summed E-state index contributed by atoms with van der Waals surface area (Å²) in [7, 11) is 0. The molecule has 1 N–H and O–H groups in total. The first-order valence-electron chi connectivity index (χ1n) is 10.5. The molecular weight excluding hydrogens is 445 g/mol. The molecule has 0 fully saturated rings. The first kappa shape index (κ1) is 24.9. The molecule has 3 aromatic carbocycles. The smallest absolute Gasteiger partial charge is 0.488 e. The van der Waals surface area contributed by atoms with Gasteiger partial charge in [0.05, 0.1) is 0 Å². The monoisotopic (exact) mass is 470 g/mol. The van der Waals surface area contributed by atoms with Crippen LogP contribution in [-0.2, 0) is 16.8 Å². The third-order valence-corrected chi connectivity index (χ3v) is 5.05. The summed E-state index contributed by atoms with van der Waals surface area (Å²) in [5.41, 5.74) is 4.30. The van der Waals surface area contributed by atoms with Crippen LogP contribution < -0.4 is 9.47 Å². The lowest BCUT2D eigenvalue weighted by molar-refractivity contribution is -0.274. The van der Waals surface area contributed by atoms with Gasteiger partial charge in [0.2, 0.25) is 0 Å². The van der Waals surface area contributed by atoms with Crippen molar-refractivity contribution in [3.63, 3.8) is 0 Å². The second-order valence-electron chi connectivity index (χ2n) is 8.73. The molecule has 0 atom stereocenters. The SMILES string of the molecule is CC(C)(C)c1ccc(-c2ccc(OCc3ccc(OC(F)(F)F)cc3)c(/C=C/C(=O)O)c2)cc1. The fraction of sp³-hybridized carbons (Fsp3) is 0.222. The summed E-state index contributed by atoms with van der Waals surface area (Å²) >= 11 is 0. The van der Waals surface area contributed by atoms with Gasteiger partial charge in [0.15, 0.2) is 0 Å². The standard InChI is InChI=1S/C27H25F3O4/c1-26(2,3)22-10-6-19(7-11-22)20-8-14-24(21(16-20)9-15-25(31)32)33-17-18-4-12-23(13-5-18)34-27(28,29)30/h4-16H,17H2,1-3H3,(H,31,32)/b15-9+. The van der Waals surface area contributed by atoms with Crippen molar-refractivity contribution in [3.05, 3.63) is 89.5 Å². The zero-order chi connectivity index (χ0) is 24.9. The molecule has 4 nitrogen and oxygen atoms in total. The van der Waals surface area contributed by atoms with Crippen LogP contribution in [0, 0.1) is 0 Å². The number of halogens is 3. The molecule has 3 rings (SSSR count). The van der Waals surface area contributed by atoms with Gasteiger partial charge >= 0.3 is 12.3 Å². The second-order valence-corrected chi connectivity index (χ2v) is 8.73. The predicted octanol–water partition coefficient (Wildman–Crippen LogP) is 7.23. The van der Waals surface area contributed by atoms with E-state index in [2.05, 4.69) is 37.6 Å². The van der Waals surface area contributed by atoms with Gasteiger partial charge in [-0.15, -0.1) is 13.2 Å². The Bertz CT molecular complexity index is 1160. The highest BCUT2D eigenvalue weighted by Gasteiger charge is 2.30. The van der Waals surface area contributed by atoms with Crippen molar-refractivity contribution in [2.75, 3.05) is 0 Å². The highest BCUT2D eigenvalue weighted by Crippen LogP contribution is 2.31. The van der Waals surface area contributed by atoms with Gasteiger partial charge in [0.25, 0.3) is 0 Å². The Morgan fingerprint density at radius 1 is 0.912 bits per heavy atom. The van der Waals surface area contributed by atoms with Gasteiger partial charge in [0.1, 0.15) is 18.1 Å².